The molecule has 0 bridgehead atoms. The molecule has 0 saturated heterocycles. The third-order valence-electron chi connectivity index (χ3n) is 3.45. The Morgan fingerprint density at radius 3 is 2.59 bits per heavy atom. The van der Waals surface area contributed by atoms with Gasteiger partial charge in [-0.25, -0.2) is 14.2 Å². The molecule has 1 aliphatic heterocycles. The summed E-state index contributed by atoms with van der Waals surface area (Å²) >= 11 is 0. The van der Waals surface area contributed by atoms with E-state index in [1.54, 1.807) is 0 Å². The number of aliphatic imine (C=N–C) groups is 1. The molecule has 27 heavy (non-hydrogen) atoms. The largest absolute Gasteiger partial charge is 0.419 e. The number of nitro groups is 1. The lowest BCUT2D eigenvalue weighted by Crippen LogP contribution is -2.05. The van der Waals surface area contributed by atoms with Gasteiger partial charge in [0.2, 0.25) is 11.6 Å². The molecule has 0 atom stereocenters. The van der Waals surface area contributed by atoms with Crippen LogP contribution >= 0.6 is 0 Å². The molecule has 0 amide bonds. The van der Waals surface area contributed by atoms with Crippen molar-refractivity contribution in [3.05, 3.63) is 75.2 Å². The van der Waals surface area contributed by atoms with Crippen molar-refractivity contribution in [2.75, 3.05) is 0 Å². The number of carbonyl (C=O) groups excluding carboxylic acids is 2. The van der Waals surface area contributed by atoms with Gasteiger partial charge in [0, 0.05) is 18.6 Å². The third-order valence-corrected chi connectivity index (χ3v) is 3.45. The number of ether oxygens (including phenoxy) is 2. The van der Waals surface area contributed by atoms with Gasteiger partial charge in [-0.05, 0) is 42.0 Å². The zero-order valence-electron chi connectivity index (χ0n) is 13.8. The molecule has 2 aromatic carbocycles. The van der Waals surface area contributed by atoms with Crippen LogP contribution in [0.15, 0.2) is 53.2 Å². The van der Waals surface area contributed by atoms with Crippen LogP contribution in [0.2, 0.25) is 0 Å². The molecule has 2 aromatic rings. The van der Waals surface area contributed by atoms with Gasteiger partial charge in [-0.3, -0.25) is 14.9 Å². The Kier molecular flexibility index (Phi) is 4.75. The lowest BCUT2D eigenvalue weighted by atomic mass is 10.1. The van der Waals surface area contributed by atoms with Gasteiger partial charge in [0.25, 0.3) is 0 Å². The highest BCUT2D eigenvalue weighted by atomic mass is 19.1. The number of hydrogen-bond acceptors (Lipinski definition) is 7. The van der Waals surface area contributed by atoms with E-state index in [0.717, 1.165) is 13.0 Å². The van der Waals surface area contributed by atoms with Crippen LogP contribution in [0, 0.1) is 15.9 Å². The molecule has 136 valence electrons. The number of benzene rings is 2. The second-order valence-electron chi connectivity index (χ2n) is 5.42. The average molecular weight is 370 g/mol. The summed E-state index contributed by atoms with van der Waals surface area (Å²) in [6.07, 6.45) is 1.30. The third kappa shape index (κ3) is 4.03. The van der Waals surface area contributed by atoms with Gasteiger partial charge in [0.05, 0.1) is 4.92 Å². The van der Waals surface area contributed by atoms with Crippen LogP contribution in [0.1, 0.15) is 18.1 Å². The van der Waals surface area contributed by atoms with Gasteiger partial charge in [-0.15, -0.1) is 0 Å². The first-order valence-electron chi connectivity index (χ1n) is 7.59. The Morgan fingerprint density at radius 2 is 1.96 bits per heavy atom. The fourth-order valence-corrected chi connectivity index (χ4v) is 2.29. The molecule has 0 fully saturated rings. The minimum Gasteiger partial charge on any atom is -0.419 e. The number of hydrogen-bond donors (Lipinski definition) is 0. The molecule has 0 radical (unpaired) electrons. The van der Waals surface area contributed by atoms with E-state index in [1.807, 2.05) is 0 Å². The van der Waals surface area contributed by atoms with E-state index >= 15 is 0 Å². The fourth-order valence-electron chi connectivity index (χ4n) is 2.29. The summed E-state index contributed by atoms with van der Waals surface area (Å²) in [5.74, 6) is -2.10. The van der Waals surface area contributed by atoms with Crippen molar-refractivity contribution in [1.29, 1.82) is 0 Å². The molecule has 0 aromatic heterocycles. The highest BCUT2D eigenvalue weighted by Crippen LogP contribution is 2.29. The van der Waals surface area contributed by atoms with Crippen molar-refractivity contribution < 1.29 is 28.4 Å². The first-order chi connectivity index (χ1) is 12.8. The van der Waals surface area contributed by atoms with Gasteiger partial charge >= 0.3 is 17.6 Å². The Labute approximate surface area is 151 Å². The molecule has 9 heteroatoms. The summed E-state index contributed by atoms with van der Waals surface area (Å²) in [6.45, 7) is 1.12. The van der Waals surface area contributed by atoms with E-state index in [9.17, 15) is 24.1 Å². The summed E-state index contributed by atoms with van der Waals surface area (Å²) in [5.41, 5.74) is 0.176. The quantitative estimate of drug-likeness (QED) is 0.269. The minimum atomic E-state index is -0.749. The second-order valence-corrected chi connectivity index (χ2v) is 5.42. The average Bonchev–Trinajstić information content (AvgIpc) is 2.97. The summed E-state index contributed by atoms with van der Waals surface area (Å²) in [7, 11) is 0. The van der Waals surface area contributed by atoms with Crippen LogP contribution in [0.3, 0.4) is 0 Å². The zero-order valence-corrected chi connectivity index (χ0v) is 13.8. The number of cyclic esters (lactones) is 1. The number of esters is 2. The second kappa shape index (κ2) is 7.16. The molecule has 3 rings (SSSR count). The lowest BCUT2D eigenvalue weighted by molar-refractivity contribution is -0.385. The number of nitrogens with zero attached hydrogens (tertiary/aromatic N) is 2. The molecule has 8 nitrogen and oxygen atoms in total. The van der Waals surface area contributed by atoms with Crippen LogP contribution in [0.25, 0.3) is 6.08 Å². The van der Waals surface area contributed by atoms with Crippen LogP contribution in [-0.2, 0) is 14.3 Å². The predicted molar refractivity (Wildman–Crippen MR) is 91.4 cm³/mol. The van der Waals surface area contributed by atoms with E-state index in [1.165, 1.54) is 42.5 Å². The minimum absolute atomic E-state index is 0.00252. The molecule has 1 aliphatic rings. The van der Waals surface area contributed by atoms with Crippen molar-refractivity contribution >= 4 is 29.6 Å². The van der Waals surface area contributed by atoms with Crippen molar-refractivity contribution in [1.82, 2.24) is 0 Å². The molecular weight excluding hydrogens is 359 g/mol. The van der Waals surface area contributed by atoms with Gasteiger partial charge in [0.15, 0.2) is 5.70 Å². The van der Waals surface area contributed by atoms with Crippen molar-refractivity contribution in [3.8, 4) is 5.75 Å². The van der Waals surface area contributed by atoms with Gasteiger partial charge < -0.3 is 9.47 Å². The van der Waals surface area contributed by atoms with Gasteiger partial charge in [-0.1, -0.05) is 6.07 Å². The van der Waals surface area contributed by atoms with E-state index in [0.29, 0.717) is 5.56 Å². The lowest BCUT2D eigenvalue weighted by Gasteiger charge is -2.03. The molecule has 0 aliphatic carbocycles. The number of nitro benzene ring substituents is 1. The van der Waals surface area contributed by atoms with Crippen LogP contribution in [0.5, 0.6) is 5.75 Å². The van der Waals surface area contributed by atoms with E-state index in [4.69, 9.17) is 9.47 Å². The van der Waals surface area contributed by atoms with E-state index < -0.39 is 28.4 Å². The van der Waals surface area contributed by atoms with Crippen LogP contribution in [0.4, 0.5) is 10.1 Å². The van der Waals surface area contributed by atoms with Crippen molar-refractivity contribution in [2.24, 2.45) is 4.99 Å². The summed E-state index contributed by atoms with van der Waals surface area (Å²) in [5, 5.41) is 11.2. The molecule has 1 heterocycles. The fraction of sp³-hybridized carbons (Fsp3) is 0.0556. The first kappa shape index (κ1) is 17.9. The Hall–Kier alpha value is -3.88. The summed E-state index contributed by atoms with van der Waals surface area (Å²) in [4.78, 5) is 37.5. The zero-order chi connectivity index (χ0) is 19.6. The monoisotopic (exact) mass is 370 g/mol. The standard InChI is InChI=1S/C18H11FN2O6/c1-10(22)26-16-7-2-11(9-15(16)21(24)25)8-14-18(23)27-17(20-14)12-3-5-13(19)6-4-12/h2-9H,1H3/b14-8-. The maximum Gasteiger partial charge on any atom is 0.363 e. The summed E-state index contributed by atoms with van der Waals surface area (Å²) in [6, 6.07) is 9.03. The van der Waals surface area contributed by atoms with Gasteiger partial charge in [-0.2, -0.15) is 0 Å². The van der Waals surface area contributed by atoms with Gasteiger partial charge in [0.1, 0.15) is 5.82 Å². The smallest absolute Gasteiger partial charge is 0.363 e. The Morgan fingerprint density at radius 1 is 1.26 bits per heavy atom. The molecule has 0 unspecified atom stereocenters. The summed E-state index contributed by atoms with van der Waals surface area (Å²) < 4.78 is 22.8. The highest BCUT2D eigenvalue weighted by Gasteiger charge is 2.25. The number of rotatable bonds is 4. The molecular formula is C18H11FN2O6. The molecule has 0 saturated carbocycles. The topological polar surface area (TPSA) is 108 Å². The van der Waals surface area contributed by atoms with Crippen molar-refractivity contribution in [3.63, 3.8) is 0 Å². The Bertz CT molecular complexity index is 1010. The van der Waals surface area contributed by atoms with Crippen LogP contribution in [-0.4, -0.2) is 22.8 Å². The highest BCUT2D eigenvalue weighted by molar-refractivity contribution is 6.12. The Balaban J connectivity index is 1.94. The maximum absolute atomic E-state index is 13.0. The first-order valence-corrected chi connectivity index (χ1v) is 7.59. The van der Waals surface area contributed by atoms with E-state index in [2.05, 4.69) is 4.99 Å². The molecule has 0 N–H and O–H groups in total. The normalized spacial score (nSPS) is 14.7. The molecule has 0 spiro atoms. The van der Waals surface area contributed by atoms with Crippen LogP contribution < -0.4 is 4.74 Å². The van der Waals surface area contributed by atoms with E-state index in [-0.39, 0.29) is 22.9 Å². The predicted octanol–water partition coefficient (Wildman–Crippen LogP) is 3.00. The number of carbonyl (C=O) groups is 2. The van der Waals surface area contributed by atoms with Crippen molar-refractivity contribution in [2.45, 2.75) is 6.92 Å². The number of halogens is 1. The SMILES string of the molecule is CC(=O)Oc1ccc(/C=C2\N=C(c3ccc(F)cc3)OC2=O)cc1[N+](=O)[O-]. The maximum atomic E-state index is 13.0.